The Morgan fingerprint density at radius 2 is 2.19 bits per heavy atom. The summed E-state index contributed by atoms with van der Waals surface area (Å²) in [5.74, 6) is -0.997. The molecule has 2 N–H and O–H groups in total. The molecule has 1 unspecified atom stereocenters. The second kappa shape index (κ2) is 6.46. The number of amides is 2. The van der Waals surface area contributed by atoms with E-state index in [4.69, 9.17) is 22.0 Å². The molecule has 0 spiro atoms. The number of carbonyl (C=O) groups excluding carboxylic acids is 1. The molecule has 0 aromatic heterocycles. The number of halogens is 1. The van der Waals surface area contributed by atoms with Crippen molar-refractivity contribution in [1.29, 1.82) is 5.26 Å². The van der Waals surface area contributed by atoms with Crippen LogP contribution in [-0.4, -0.2) is 34.6 Å². The topological polar surface area (TPSA) is 93.4 Å². The summed E-state index contributed by atoms with van der Waals surface area (Å²) in [6.07, 6.45) is 2.03. The van der Waals surface area contributed by atoms with Crippen molar-refractivity contribution in [1.82, 2.24) is 4.90 Å². The molecule has 7 heteroatoms. The van der Waals surface area contributed by atoms with Gasteiger partial charge >= 0.3 is 12.0 Å². The van der Waals surface area contributed by atoms with Gasteiger partial charge in [-0.15, -0.1) is 0 Å². The van der Waals surface area contributed by atoms with Crippen molar-refractivity contribution < 1.29 is 14.7 Å². The van der Waals surface area contributed by atoms with Crippen LogP contribution in [0.1, 0.15) is 24.8 Å². The van der Waals surface area contributed by atoms with Crippen molar-refractivity contribution in [3.8, 4) is 6.07 Å². The third-order valence-electron chi connectivity index (χ3n) is 3.39. The van der Waals surface area contributed by atoms with E-state index < -0.39 is 18.0 Å². The first-order valence-corrected chi connectivity index (χ1v) is 6.91. The number of likely N-dealkylation sites (tertiary alicyclic amines) is 1. The summed E-state index contributed by atoms with van der Waals surface area (Å²) in [4.78, 5) is 24.7. The van der Waals surface area contributed by atoms with Gasteiger partial charge in [-0.25, -0.2) is 9.59 Å². The predicted molar refractivity (Wildman–Crippen MR) is 77.2 cm³/mol. The molecule has 1 aromatic rings. The maximum absolute atomic E-state index is 12.2. The lowest BCUT2D eigenvalue weighted by atomic mass is 10.0. The van der Waals surface area contributed by atoms with Crippen LogP contribution in [0.4, 0.5) is 10.5 Å². The highest BCUT2D eigenvalue weighted by Gasteiger charge is 2.31. The van der Waals surface area contributed by atoms with Gasteiger partial charge in [-0.1, -0.05) is 11.6 Å². The standard InChI is InChI=1S/C14H14ClN3O3/c15-11-7-10(5-4-9(11)8-16)17-14(21)18-6-2-1-3-12(18)13(19)20/h4-5,7,12H,1-3,6H2,(H,17,21)(H,19,20). The molecule has 1 saturated heterocycles. The number of nitrogens with zero attached hydrogens (tertiary/aromatic N) is 2. The van der Waals surface area contributed by atoms with Gasteiger partial charge in [0.05, 0.1) is 10.6 Å². The van der Waals surface area contributed by atoms with Crippen LogP contribution in [0.25, 0.3) is 0 Å². The van der Waals surface area contributed by atoms with Crippen LogP contribution >= 0.6 is 11.6 Å². The van der Waals surface area contributed by atoms with Crippen LogP contribution in [0.2, 0.25) is 5.02 Å². The lowest BCUT2D eigenvalue weighted by molar-refractivity contribution is -0.143. The molecule has 1 fully saturated rings. The van der Waals surface area contributed by atoms with E-state index in [1.807, 2.05) is 6.07 Å². The van der Waals surface area contributed by atoms with Crippen molar-refractivity contribution in [2.24, 2.45) is 0 Å². The number of carboxylic acids is 1. The molecule has 2 rings (SSSR count). The van der Waals surface area contributed by atoms with E-state index in [0.717, 1.165) is 12.8 Å². The van der Waals surface area contributed by atoms with Crippen LogP contribution in [-0.2, 0) is 4.79 Å². The molecular weight excluding hydrogens is 294 g/mol. The van der Waals surface area contributed by atoms with Crippen molar-refractivity contribution >= 4 is 29.3 Å². The third-order valence-corrected chi connectivity index (χ3v) is 3.70. The Balaban J connectivity index is 2.11. The number of piperidine rings is 1. The number of hydrogen-bond acceptors (Lipinski definition) is 3. The van der Waals surface area contributed by atoms with E-state index >= 15 is 0 Å². The molecular formula is C14H14ClN3O3. The summed E-state index contributed by atoms with van der Waals surface area (Å²) < 4.78 is 0. The van der Waals surface area contributed by atoms with E-state index in [1.165, 1.54) is 17.0 Å². The number of hydrogen-bond donors (Lipinski definition) is 2. The summed E-state index contributed by atoms with van der Waals surface area (Å²) in [7, 11) is 0. The fourth-order valence-corrected chi connectivity index (χ4v) is 2.53. The maximum atomic E-state index is 12.2. The highest BCUT2D eigenvalue weighted by Crippen LogP contribution is 2.22. The lowest BCUT2D eigenvalue weighted by Crippen LogP contribution is -2.49. The zero-order valence-corrected chi connectivity index (χ0v) is 11.9. The molecule has 2 amide bonds. The minimum atomic E-state index is -0.997. The van der Waals surface area contributed by atoms with Gasteiger partial charge < -0.3 is 15.3 Å². The smallest absolute Gasteiger partial charge is 0.326 e. The van der Waals surface area contributed by atoms with Crippen molar-refractivity contribution in [3.05, 3.63) is 28.8 Å². The van der Waals surface area contributed by atoms with Crippen LogP contribution in [0.5, 0.6) is 0 Å². The molecule has 1 heterocycles. The minimum Gasteiger partial charge on any atom is -0.480 e. The lowest BCUT2D eigenvalue weighted by Gasteiger charge is -2.32. The molecule has 6 nitrogen and oxygen atoms in total. The second-order valence-corrected chi connectivity index (χ2v) is 5.19. The molecule has 0 radical (unpaired) electrons. The molecule has 1 aromatic carbocycles. The van der Waals surface area contributed by atoms with Gasteiger partial charge in [0.25, 0.3) is 0 Å². The Morgan fingerprint density at radius 1 is 1.43 bits per heavy atom. The van der Waals surface area contributed by atoms with E-state index in [9.17, 15) is 9.59 Å². The number of anilines is 1. The Hall–Kier alpha value is -2.26. The summed E-state index contributed by atoms with van der Waals surface area (Å²) in [5, 5.41) is 20.8. The SMILES string of the molecule is N#Cc1ccc(NC(=O)N2CCCCC2C(=O)O)cc1Cl. The summed E-state index contributed by atoms with van der Waals surface area (Å²) in [6.45, 7) is 0.410. The number of rotatable bonds is 2. The Kier molecular flexibility index (Phi) is 4.66. The first kappa shape index (κ1) is 15.1. The van der Waals surface area contributed by atoms with Gasteiger partial charge in [0.15, 0.2) is 0 Å². The molecule has 21 heavy (non-hydrogen) atoms. The number of nitriles is 1. The second-order valence-electron chi connectivity index (χ2n) is 4.78. The summed E-state index contributed by atoms with van der Waals surface area (Å²) >= 11 is 5.90. The average molecular weight is 308 g/mol. The van der Waals surface area contributed by atoms with Crippen LogP contribution in [0, 0.1) is 11.3 Å². The van der Waals surface area contributed by atoms with E-state index in [-0.39, 0.29) is 5.02 Å². The number of aliphatic carboxylic acids is 1. The Bertz CT molecular complexity index is 612. The van der Waals surface area contributed by atoms with Gasteiger partial charge in [0, 0.05) is 12.2 Å². The zero-order valence-electron chi connectivity index (χ0n) is 11.2. The van der Waals surface area contributed by atoms with E-state index in [2.05, 4.69) is 5.32 Å². The Morgan fingerprint density at radius 3 is 2.81 bits per heavy atom. The highest BCUT2D eigenvalue weighted by atomic mass is 35.5. The predicted octanol–water partition coefficient (Wildman–Crippen LogP) is 2.68. The fraction of sp³-hybridized carbons (Fsp3) is 0.357. The molecule has 0 aliphatic carbocycles. The fourth-order valence-electron chi connectivity index (χ4n) is 2.31. The van der Waals surface area contributed by atoms with Gasteiger partial charge in [0.2, 0.25) is 0 Å². The van der Waals surface area contributed by atoms with Gasteiger partial charge in [-0.2, -0.15) is 5.26 Å². The number of urea groups is 1. The van der Waals surface area contributed by atoms with Gasteiger partial charge in [-0.3, -0.25) is 0 Å². The highest BCUT2D eigenvalue weighted by molar-refractivity contribution is 6.32. The monoisotopic (exact) mass is 307 g/mol. The number of nitrogens with one attached hydrogen (secondary N) is 1. The number of carboxylic acid groups (broad SMARTS) is 1. The van der Waals surface area contributed by atoms with Gasteiger partial charge in [-0.05, 0) is 37.5 Å². The van der Waals surface area contributed by atoms with E-state index in [1.54, 1.807) is 6.07 Å². The van der Waals surface area contributed by atoms with Crippen LogP contribution in [0.15, 0.2) is 18.2 Å². The first-order chi connectivity index (χ1) is 10.0. The third kappa shape index (κ3) is 3.44. The summed E-state index contributed by atoms with van der Waals surface area (Å²) in [6, 6.07) is 5.19. The van der Waals surface area contributed by atoms with Crippen molar-refractivity contribution in [3.63, 3.8) is 0 Å². The van der Waals surface area contributed by atoms with E-state index in [0.29, 0.717) is 24.2 Å². The maximum Gasteiger partial charge on any atom is 0.326 e. The minimum absolute atomic E-state index is 0.240. The van der Waals surface area contributed by atoms with Crippen LogP contribution in [0.3, 0.4) is 0 Å². The normalized spacial score (nSPS) is 17.9. The van der Waals surface area contributed by atoms with Crippen molar-refractivity contribution in [2.45, 2.75) is 25.3 Å². The molecule has 1 aliphatic rings. The first-order valence-electron chi connectivity index (χ1n) is 6.53. The molecule has 0 bridgehead atoms. The molecule has 110 valence electrons. The zero-order chi connectivity index (χ0) is 15.4. The molecule has 1 atom stereocenters. The number of carbonyl (C=O) groups is 2. The quantitative estimate of drug-likeness (QED) is 0.878. The van der Waals surface area contributed by atoms with Crippen LogP contribution < -0.4 is 5.32 Å². The molecule has 0 saturated carbocycles. The largest absolute Gasteiger partial charge is 0.480 e. The Labute approximate surface area is 126 Å². The summed E-state index contributed by atoms with van der Waals surface area (Å²) in [5.41, 5.74) is 0.745. The average Bonchev–Trinajstić information content (AvgIpc) is 2.47. The van der Waals surface area contributed by atoms with Gasteiger partial charge in [0.1, 0.15) is 12.1 Å². The van der Waals surface area contributed by atoms with Crippen molar-refractivity contribution in [2.75, 3.05) is 11.9 Å². The molecule has 1 aliphatic heterocycles. The number of benzene rings is 1.